The van der Waals surface area contributed by atoms with Crippen molar-refractivity contribution in [2.45, 2.75) is 0 Å². The van der Waals surface area contributed by atoms with Crippen LogP contribution in [0.15, 0.2) is 174 Å². The smallest absolute Gasteiger partial charge is 0.164 e. The van der Waals surface area contributed by atoms with E-state index in [1.807, 2.05) is 12.1 Å². The maximum atomic E-state index is 6.25. The van der Waals surface area contributed by atoms with E-state index in [1.165, 1.54) is 10.8 Å². The van der Waals surface area contributed by atoms with Crippen LogP contribution in [-0.2, 0) is 0 Å². The summed E-state index contributed by atoms with van der Waals surface area (Å²) in [6.45, 7) is 0. The van der Waals surface area contributed by atoms with Gasteiger partial charge in [0.1, 0.15) is 11.2 Å². The second-order valence-electron chi connectivity index (χ2n) is 13.3. The van der Waals surface area contributed by atoms with E-state index < -0.39 is 0 Å². The van der Waals surface area contributed by atoms with Gasteiger partial charge in [0.15, 0.2) is 17.5 Å². The van der Waals surface area contributed by atoms with Crippen LogP contribution in [0.1, 0.15) is 0 Å². The first kappa shape index (κ1) is 28.7. The van der Waals surface area contributed by atoms with Crippen molar-refractivity contribution in [3.63, 3.8) is 0 Å². The fourth-order valence-corrected chi connectivity index (χ4v) is 7.74. The van der Waals surface area contributed by atoms with Crippen molar-refractivity contribution in [1.82, 2.24) is 19.5 Å². The number of aromatic nitrogens is 4. The molecule has 0 fully saturated rings. The normalized spacial score (nSPS) is 11.8. The molecule has 3 heterocycles. The zero-order valence-electron chi connectivity index (χ0n) is 27.9. The van der Waals surface area contributed by atoms with Crippen LogP contribution in [0.5, 0.6) is 0 Å². The summed E-state index contributed by atoms with van der Waals surface area (Å²) in [5.41, 5.74) is 7.95. The lowest BCUT2D eigenvalue weighted by Gasteiger charge is -2.11. The summed E-state index contributed by atoms with van der Waals surface area (Å²) in [6, 6.07) is 59.2. The van der Waals surface area contributed by atoms with Crippen molar-refractivity contribution in [3.05, 3.63) is 170 Å². The number of hydrogen-bond donors (Lipinski definition) is 0. The Bertz CT molecular complexity index is 3190. The van der Waals surface area contributed by atoms with E-state index in [9.17, 15) is 0 Å². The number of furan rings is 1. The first-order valence-corrected chi connectivity index (χ1v) is 17.4. The summed E-state index contributed by atoms with van der Waals surface area (Å²) in [5.74, 6) is 1.88. The molecular weight excluding hydrogens is 637 g/mol. The maximum absolute atomic E-state index is 6.25. The summed E-state index contributed by atoms with van der Waals surface area (Å²) in [7, 11) is 0. The summed E-state index contributed by atoms with van der Waals surface area (Å²) in [6.07, 6.45) is 0. The van der Waals surface area contributed by atoms with Gasteiger partial charge in [0.25, 0.3) is 0 Å². The molecule has 0 aliphatic rings. The van der Waals surface area contributed by atoms with Crippen LogP contribution in [0, 0.1) is 0 Å². The highest BCUT2D eigenvalue weighted by molar-refractivity contribution is 6.13. The van der Waals surface area contributed by atoms with E-state index in [1.54, 1.807) is 0 Å². The van der Waals surface area contributed by atoms with Gasteiger partial charge in [-0.2, -0.15) is 0 Å². The molecule has 52 heavy (non-hydrogen) atoms. The quantitative estimate of drug-likeness (QED) is 0.188. The summed E-state index contributed by atoms with van der Waals surface area (Å²) < 4.78 is 8.57. The Kier molecular flexibility index (Phi) is 6.18. The molecule has 0 aliphatic heterocycles. The van der Waals surface area contributed by atoms with Crippen molar-refractivity contribution < 1.29 is 4.42 Å². The van der Waals surface area contributed by atoms with Crippen LogP contribution < -0.4 is 0 Å². The zero-order chi connectivity index (χ0) is 34.2. The largest absolute Gasteiger partial charge is 0.456 e. The first-order valence-electron chi connectivity index (χ1n) is 17.4. The highest BCUT2D eigenvalue weighted by Crippen LogP contribution is 2.38. The van der Waals surface area contributed by atoms with E-state index >= 15 is 0 Å². The predicted octanol–water partition coefficient (Wildman–Crippen LogP) is 12.2. The molecule has 0 amide bonds. The van der Waals surface area contributed by atoms with Gasteiger partial charge in [0, 0.05) is 43.9 Å². The molecule has 0 saturated carbocycles. The molecule has 0 spiro atoms. The lowest BCUT2D eigenvalue weighted by Crippen LogP contribution is -2.01. The van der Waals surface area contributed by atoms with Gasteiger partial charge in [0.05, 0.1) is 11.0 Å². The Hall–Kier alpha value is -7.11. The van der Waals surface area contributed by atoms with Crippen LogP contribution in [0.3, 0.4) is 0 Å². The Morgan fingerprint density at radius 2 is 1.04 bits per heavy atom. The van der Waals surface area contributed by atoms with E-state index in [0.29, 0.717) is 17.5 Å². The van der Waals surface area contributed by atoms with Crippen LogP contribution in [0.4, 0.5) is 0 Å². The SMILES string of the molecule is c1ccc(-n2c3ccccc3c3cc(-c4nc(-c5ccc6ccccc6c5)nc(-c5cccc6cc7oc8ccccc8c7cc56)n4)ccc32)cc1. The Morgan fingerprint density at radius 3 is 1.92 bits per heavy atom. The molecular formula is C47H28N4O. The topological polar surface area (TPSA) is 56.7 Å². The lowest BCUT2D eigenvalue weighted by molar-refractivity contribution is 0.669. The third-order valence-corrected chi connectivity index (χ3v) is 10.2. The zero-order valence-corrected chi connectivity index (χ0v) is 27.9. The molecule has 0 aliphatic carbocycles. The van der Waals surface area contributed by atoms with Gasteiger partial charge in [-0.1, -0.05) is 109 Å². The second kappa shape index (κ2) is 11.2. The molecule has 0 atom stereocenters. The molecule has 0 radical (unpaired) electrons. The van der Waals surface area contributed by atoms with Gasteiger partial charge in [-0.05, 0) is 82.2 Å². The molecule has 0 unspecified atom stereocenters. The number of fused-ring (bicyclic) bond motifs is 8. The molecule has 11 aromatic rings. The van der Waals surface area contributed by atoms with Gasteiger partial charge >= 0.3 is 0 Å². The van der Waals surface area contributed by atoms with Crippen molar-refractivity contribution in [2.75, 3.05) is 0 Å². The standard InChI is InChI=1S/C47H28N4O/c1-2-14-34(15-3-1)51-41-19-8-6-16-35(41)39-26-33(23-24-42(39)51)46-48-45(32-22-21-29-11-4-5-12-30(29)25-32)49-47(50-46)37-18-10-13-31-27-44-40(28-38(31)37)36-17-7-9-20-43(36)52-44/h1-28H. The molecule has 8 aromatic carbocycles. The summed E-state index contributed by atoms with van der Waals surface area (Å²) >= 11 is 0. The van der Waals surface area contributed by atoms with Gasteiger partial charge in [-0.15, -0.1) is 0 Å². The highest BCUT2D eigenvalue weighted by Gasteiger charge is 2.18. The van der Waals surface area contributed by atoms with Crippen molar-refractivity contribution in [3.8, 4) is 39.9 Å². The van der Waals surface area contributed by atoms with Crippen molar-refractivity contribution >= 4 is 65.3 Å². The number of rotatable bonds is 4. The van der Waals surface area contributed by atoms with Gasteiger partial charge in [0.2, 0.25) is 0 Å². The van der Waals surface area contributed by atoms with E-state index in [2.05, 4.69) is 162 Å². The average Bonchev–Trinajstić information content (AvgIpc) is 3.74. The number of para-hydroxylation sites is 3. The maximum Gasteiger partial charge on any atom is 0.164 e. The van der Waals surface area contributed by atoms with Crippen molar-refractivity contribution in [1.29, 1.82) is 0 Å². The molecule has 0 N–H and O–H groups in total. The number of nitrogens with zero attached hydrogens (tertiary/aromatic N) is 4. The van der Waals surface area contributed by atoms with E-state index in [4.69, 9.17) is 19.4 Å². The molecule has 11 rings (SSSR count). The predicted molar refractivity (Wildman–Crippen MR) is 213 cm³/mol. The molecule has 0 saturated heterocycles. The van der Waals surface area contributed by atoms with Crippen LogP contribution in [-0.4, -0.2) is 19.5 Å². The van der Waals surface area contributed by atoms with Gasteiger partial charge in [-0.3, -0.25) is 0 Å². The fraction of sp³-hybridized carbons (Fsp3) is 0. The van der Waals surface area contributed by atoms with Crippen LogP contribution >= 0.6 is 0 Å². The molecule has 5 heteroatoms. The monoisotopic (exact) mass is 664 g/mol. The number of hydrogen-bond acceptors (Lipinski definition) is 4. The molecule has 0 bridgehead atoms. The van der Waals surface area contributed by atoms with Crippen LogP contribution in [0.2, 0.25) is 0 Å². The Morgan fingerprint density at radius 1 is 0.365 bits per heavy atom. The summed E-state index contributed by atoms with van der Waals surface area (Å²) in [5, 5.41) is 8.91. The fourth-order valence-electron chi connectivity index (χ4n) is 7.74. The minimum Gasteiger partial charge on any atom is -0.456 e. The van der Waals surface area contributed by atoms with E-state index in [0.717, 1.165) is 76.9 Å². The molecule has 3 aromatic heterocycles. The average molecular weight is 665 g/mol. The van der Waals surface area contributed by atoms with E-state index in [-0.39, 0.29) is 0 Å². The second-order valence-corrected chi connectivity index (χ2v) is 13.3. The molecule has 242 valence electrons. The minimum absolute atomic E-state index is 0.623. The number of benzene rings is 8. The Labute approximate surface area is 298 Å². The third-order valence-electron chi connectivity index (χ3n) is 10.2. The Balaban J connectivity index is 1.16. The van der Waals surface area contributed by atoms with Gasteiger partial charge < -0.3 is 8.98 Å². The first-order chi connectivity index (χ1) is 25.7. The van der Waals surface area contributed by atoms with Gasteiger partial charge in [-0.25, -0.2) is 15.0 Å². The minimum atomic E-state index is 0.623. The highest BCUT2D eigenvalue weighted by atomic mass is 16.3. The van der Waals surface area contributed by atoms with Crippen LogP contribution in [0.25, 0.3) is 105 Å². The third kappa shape index (κ3) is 4.46. The molecule has 5 nitrogen and oxygen atoms in total. The summed E-state index contributed by atoms with van der Waals surface area (Å²) in [4.78, 5) is 15.6. The lowest BCUT2D eigenvalue weighted by atomic mass is 10.0. The van der Waals surface area contributed by atoms with Crippen molar-refractivity contribution in [2.24, 2.45) is 0 Å².